The fraction of sp³-hybridized carbons (Fsp3) is 0.818. The van der Waals surface area contributed by atoms with Crippen LogP contribution in [0.4, 0.5) is 0 Å². The quantitative estimate of drug-likeness (QED) is 0.506. The van der Waals surface area contributed by atoms with Crippen molar-refractivity contribution in [2.24, 2.45) is 0 Å². The molecule has 4 heteroatoms. The predicted octanol–water partition coefficient (Wildman–Crippen LogP) is 0.0458. The van der Waals surface area contributed by atoms with Crippen LogP contribution >= 0.6 is 0 Å². The van der Waals surface area contributed by atoms with E-state index in [-0.39, 0.29) is 76.7 Å². The Morgan fingerprint density at radius 1 is 1.40 bits per heavy atom. The van der Waals surface area contributed by atoms with Crippen molar-refractivity contribution in [1.82, 2.24) is 0 Å². The third-order valence-corrected chi connectivity index (χ3v) is 1.98. The zero-order valence-electron chi connectivity index (χ0n) is 10.8. The minimum absolute atomic E-state index is 0. The fourth-order valence-electron chi connectivity index (χ4n) is 1.23. The molecule has 0 amide bonds. The number of nitrogens with one attached hydrogen (secondary N) is 1. The van der Waals surface area contributed by atoms with Crippen LogP contribution in [0.15, 0.2) is 0 Å². The zero-order valence-corrected chi connectivity index (χ0v) is 13.9. The molecule has 0 saturated carbocycles. The maximum atomic E-state index is 11.1. The molecule has 0 bridgehead atoms. The van der Waals surface area contributed by atoms with Crippen molar-refractivity contribution in [3.05, 3.63) is 13.2 Å². The van der Waals surface area contributed by atoms with E-state index in [0.29, 0.717) is 13.0 Å². The van der Waals surface area contributed by atoms with Crippen molar-refractivity contribution in [3.63, 3.8) is 0 Å². The summed E-state index contributed by atoms with van der Waals surface area (Å²) in [6.45, 7) is 6.27. The van der Waals surface area contributed by atoms with Crippen LogP contribution in [0, 0.1) is 7.43 Å². The van der Waals surface area contributed by atoms with Crippen LogP contribution in [0.1, 0.15) is 40.0 Å². The van der Waals surface area contributed by atoms with Crippen LogP contribution in [0.3, 0.4) is 0 Å². The van der Waals surface area contributed by atoms with Crippen molar-refractivity contribution in [3.8, 4) is 0 Å². The number of carbonyl (C=O) groups is 1. The van der Waals surface area contributed by atoms with Crippen molar-refractivity contribution < 1.29 is 60.9 Å². The molecular formula is C11H23KNO2-. The Bertz CT molecular complexity index is 146. The van der Waals surface area contributed by atoms with Gasteiger partial charge in [0.15, 0.2) is 5.78 Å². The largest absolute Gasteiger partial charge is 1.00 e. The van der Waals surface area contributed by atoms with Crippen LogP contribution in [0.5, 0.6) is 0 Å². The summed E-state index contributed by atoms with van der Waals surface area (Å²) >= 11 is 0. The van der Waals surface area contributed by atoms with Crippen molar-refractivity contribution in [2.45, 2.75) is 52.2 Å². The second-order valence-electron chi connectivity index (χ2n) is 2.92. The third kappa shape index (κ3) is 8.98. The first-order chi connectivity index (χ1) is 6.24. The Hall–Kier alpha value is 1.23. The van der Waals surface area contributed by atoms with Gasteiger partial charge >= 0.3 is 51.4 Å². The Balaban J connectivity index is -0.000000339. The maximum absolute atomic E-state index is 11.1. The molecule has 1 aliphatic rings. The van der Waals surface area contributed by atoms with Gasteiger partial charge in [0.05, 0.1) is 0 Å². The molecule has 15 heavy (non-hydrogen) atoms. The maximum Gasteiger partial charge on any atom is 1.00 e. The van der Waals surface area contributed by atoms with Gasteiger partial charge in [-0.15, -0.1) is 6.04 Å². The summed E-state index contributed by atoms with van der Waals surface area (Å²) in [6.07, 6.45) is 1.88. The monoisotopic (exact) mass is 240 g/mol. The average molecular weight is 240 g/mol. The molecule has 0 spiro atoms. The fourth-order valence-corrected chi connectivity index (χ4v) is 1.23. The first kappa shape index (κ1) is 21.5. The number of rotatable bonds is 2. The van der Waals surface area contributed by atoms with Crippen LogP contribution in [-0.4, -0.2) is 24.5 Å². The van der Waals surface area contributed by atoms with Gasteiger partial charge in [0.1, 0.15) is 6.10 Å². The molecular weight excluding hydrogens is 217 g/mol. The van der Waals surface area contributed by atoms with E-state index in [2.05, 4.69) is 0 Å². The second kappa shape index (κ2) is 13.3. The summed E-state index contributed by atoms with van der Waals surface area (Å²) in [5, 5.41) is 0. The summed E-state index contributed by atoms with van der Waals surface area (Å²) in [7, 11) is 0. The normalized spacial score (nSPS) is 23.7. The van der Waals surface area contributed by atoms with E-state index in [1.165, 1.54) is 0 Å². The van der Waals surface area contributed by atoms with Gasteiger partial charge in [-0.2, -0.15) is 0 Å². The van der Waals surface area contributed by atoms with E-state index in [0.717, 1.165) is 12.8 Å². The van der Waals surface area contributed by atoms with E-state index in [9.17, 15) is 4.79 Å². The number of hydrogen-bond acceptors (Lipinski definition) is 2. The molecule has 1 rings (SSSR count). The molecule has 1 aliphatic heterocycles. The molecule has 0 aromatic heterocycles. The number of ketones is 1. The molecule has 0 radical (unpaired) electrons. The first-order valence-corrected chi connectivity index (χ1v) is 5.09. The molecule has 86 valence electrons. The Labute approximate surface area is 137 Å². The minimum Gasteiger partial charge on any atom is -0.673 e. The van der Waals surface area contributed by atoms with Crippen LogP contribution in [0.2, 0.25) is 0 Å². The molecule has 1 saturated heterocycles. The first-order valence-electron chi connectivity index (χ1n) is 5.09. The standard InChI is InChI=1S/C8H14NO2.C2H6.CH3.K/c1-2-7(10)8-4-3-6(9)5-11-8;1-2;;/h6,8-9H,2-5H2,1H3;1-2H3;1H3;/q-1;;-1;+1. The number of carbonyl (C=O) groups excluding carboxylic acids is 1. The minimum atomic E-state index is -0.207. The van der Waals surface area contributed by atoms with Gasteiger partial charge in [-0.05, 0) is 6.42 Å². The van der Waals surface area contributed by atoms with Gasteiger partial charge in [0.2, 0.25) is 0 Å². The smallest absolute Gasteiger partial charge is 0.673 e. The Morgan fingerprint density at radius 3 is 2.27 bits per heavy atom. The molecule has 2 unspecified atom stereocenters. The Morgan fingerprint density at radius 2 is 1.93 bits per heavy atom. The summed E-state index contributed by atoms with van der Waals surface area (Å²) in [4.78, 5) is 11.1. The predicted molar refractivity (Wildman–Crippen MR) is 60.1 cm³/mol. The van der Waals surface area contributed by atoms with Gasteiger partial charge in [-0.25, -0.2) is 0 Å². The van der Waals surface area contributed by atoms with Crippen LogP contribution in [-0.2, 0) is 9.53 Å². The summed E-state index contributed by atoms with van der Waals surface area (Å²) in [5.41, 5.74) is 7.32. The zero-order chi connectivity index (χ0) is 10.3. The number of hydrogen-bond donors (Lipinski definition) is 0. The SMILES string of the molecule is CC.CCC(=O)C1CCC([NH-])CO1.[CH3-].[K+]. The number of Topliss-reactive ketones (excluding diaryl/α,β-unsaturated/α-hetero) is 1. The Kier molecular flexibility index (Phi) is 19.1. The van der Waals surface area contributed by atoms with Crippen molar-refractivity contribution >= 4 is 5.78 Å². The molecule has 0 aliphatic carbocycles. The average Bonchev–Trinajstić information content (AvgIpc) is 2.21. The topological polar surface area (TPSA) is 50.1 Å². The molecule has 0 aromatic rings. The van der Waals surface area contributed by atoms with E-state index in [1.54, 1.807) is 0 Å². The molecule has 1 fully saturated rings. The molecule has 2 atom stereocenters. The van der Waals surface area contributed by atoms with Gasteiger partial charge in [-0.1, -0.05) is 27.2 Å². The second-order valence-corrected chi connectivity index (χ2v) is 2.92. The van der Waals surface area contributed by atoms with E-state index in [1.807, 2.05) is 20.8 Å². The van der Waals surface area contributed by atoms with Gasteiger partial charge in [0, 0.05) is 13.0 Å². The van der Waals surface area contributed by atoms with Gasteiger partial charge < -0.3 is 17.9 Å². The molecule has 1 heterocycles. The molecule has 0 aromatic carbocycles. The molecule has 1 N–H and O–H groups in total. The summed E-state index contributed by atoms with van der Waals surface area (Å²) in [6, 6.07) is -0.115. The molecule has 3 nitrogen and oxygen atoms in total. The van der Waals surface area contributed by atoms with E-state index >= 15 is 0 Å². The van der Waals surface area contributed by atoms with Crippen molar-refractivity contribution in [1.29, 1.82) is 0 Å². The van der Waals surface area contributed by atoms with Gasteiger partial charge in [-0.3, -0.25) is 4.79 Å². The van der Waals surface area contributed by atoms with Crippen LogP contribution < -0.4 is 51.4 Å². The summed E-state index contributed by atoms with van der Waals surface area (Å²) < 4.78 is 5.21. The third-order valence-electron chi connectivity index (χ3n) is 1.98. The van der Waals surface area contributed by atoms with E-state index < -0.39 is 0 Å². The van der Waals surface area contributed by atoms with E-state index in [4.69, 9.17) is 10.5 Å². The van der Waals surface area contributed by atoms with Crippen molar-refractivity contribution in [2.75, 3.05) is 6.61 Å². The van der Waals surface area contributed by atoms with Gasteiger partial charge in [0.25, 0.3) is 0 Å². The summed E-state index contributed by atoms with van der Waals surface area (Å²) in [5.74, 6) is 0.178. The van der Waals surface area contributed by atoms with Crippen LogP contribution in [0.25, 0.3) is 5.73 Å². The number of ether oxygens (including phenoxy) is 1.